The number of carboxylic acid groups (broad SMARTS) is 1. The molecule has 2 N–H and O–H groups in total. The van der Waals surface area contributed by atoms with Crippen molar-refractivity contribution in [2.45, 2.75) is 26.8 Å². The molecule has 0 saturated heterocycles. The highest BCUT2D eigenvalue weighted by Gasteiger charge is 2.15. The SMILES string of the molecule is CCN(Cc1ccco1)C(=O)NCC(C)CC(=O)O. The van der Waals surface area contributed by atoms with E-state index in [1.165, 1.54) is 0 Å². The Morgan fingerprint density at radius 1 is 1.53 bits per heavy atom. The lowest BCUT2D eigenvalue weighted by Crippen LogP contribution is -2.41. The first-order chi connectivity index (χ1) is 9.02. The number of urea groups is 1. The molecule has 0 aromatic carbocycles. The molecule has 1 aromatic rings. The highest BCUT2D eigenvalue weighted by molar-refractivity contribution is 5.74. The van der Waals surface area contributed by atoms with Gasteiger partial charge in [0.15, 0.2) is 0 Å². The monoisotopic (exact) mass is 268 g/mol. The van der Waals surface area contributed by atoms with Crippen LogP contribution in [0.15, 0.2) is 22.8 Å². The number of carbonyl (C=O) groups is 2. The summed E-state index contributed by atoms with van der Waals surface area (Å²) >= 11 is 0. The van der Waals surface area contributed by atoms with Gasteiger partial charge in [0.25, 0.3) is 0 Å². The molecular weight excluding hydrogens is 248 g/mol. The Morgan fingerprint density at radius 2 is 2.26 bits per heavy atom. The van der Waals surface area contributed by atoms with Gasteiger partial charge in [-0.2, -0.15) is 0 Å². The van der Waals surface area contributed by atoms with Gasteiger partial charge in [0, 0.05) is 19.5 Å². The topological polar surface area (TPSA) is 82.8 Å². The number of rotatable bonds is 7. The van der Waals surface area contributed by atoms with Gasteiger partial charge in [0.2, 0.25) is 0 Å². The standard InChI is InChI=1S/C13H20N2O4/c1-3-15(9-11-5-4-6-19-11)13(18)14-8-10(2)7-12(16)17/h4-6,10H,3,7-9H2,1-2H3,(H,14,18)(H,16,17). The van der Waals surface area contributed by atoms with E-state index in [2.05, 4.69) is 5.32 Å². The number of amides is 2. The molecule has 1 heterocycles. The van der Waals surface area contributed by atoms with Gasteiger partial charge in [0.1, 0.15) is 5.76 Å². The van der Waals surface area contributed by atoms with Crippen LogP contribution in [-0.4, -0.2) is 35.1 Å². The van der Waals surface area contributed by atoms with Crippen LogP contribution >= 0.6 is 0 Å². The maximum Gasteiger partial charge on any atom is 0.317 e. The van der Waals surface area contributed by atoms with Crippen LogP contribution in [0.3, 0.4) is 0 Å². The van der Waals surface area contributed by atoms with Gasteiger partial charge in [-0.25, -0.2) is 4.79 Å². The third kappa shape index (κ3) is 5.46. The number of furan rings is 1. The zero-order valence-electron chi connectivity index (χ0n) is 11.3. The van der Waals surface area contributed by atoms with Crippen molar-refractivity contribution in [1.82, 2.24) is 10.2 Å². The maximum absolute atomic E-state index is 11.9. The molecule has 1 aromatic heterocycles. The summed E-state index contributed by atoms with van der Waals surface area (Å²) < 4.78 is 5.19. The molecule has 0 aliphatic carbocycles. The van der Waals surface area contributed by atoms with E-state index in [-0.39, 0.29) is 18.4 Å². The molecule has 6 nitrogen and oxygen atoms in total. The first-order valence-corrected chi connectivity index (χ1v) is 6.29. The molecule has 2 amide bonds. The van der Waals surface area contributed by atoms with Crippen LogP contribution < -0.4 is 5.32 Å². The van der Waals surface area contributed by atoms with Crippen LogP contribution in [0.2, 0.25) is 0 Å². The zero-order valence-corrected chi connectivity index (χ0v) is 11.3. The second kappa shape index (κ2) is 7.45. The Hall–Kier alpha value is -1.98. The zero-order chi connectivity index (χ0) is 14.3. The van der Waals surface area contributed by atoms with Gasteiger partial charge in [-0.15, -0.1) is 0 Å². The molecule has 1 unspecified atom stereocenters. The summed E-state index contributed by atoms with van der Waals surface area (Å²) in [6.45, 7) is 4.97. The predicted molar refractivity (Wildman–Crippen MR) is 69.6 cm³/mol. The van der Waals surface area contributed by atoms with E-state index in [1.807, 2.05) is 13.0 Å². The molecule has 1 atom stereocenters. The van der Waals surface area contributed by atoms with E-state index < -0.39 is 5.97 Å². The summed E-state index contributed by atoms with van der Waals surface area (Å²) in [5, 5.41) is 11.4. The molecule has 1 rings (SSSR count). The lowest BCUT2D eigenvalue weighted by Gasteiger charge is -2.21. The molecule has 0 fully saturated rings. The van der Waals surface area contributed by atoms with Crippen LogP contribution in [0.1, 0.15) is 26.0 Å². The highest BCUT2D eigenvalue weighted by Crippen LogP contribution is 2.06. The molecule has 6 heteroatoms. The van der Waals surface area contributed by atoms with E-state index in [1.54, 1.807) is 24.2 Å². The van der Waals surface area contributed by atoms with Crippen LogP contribution in [-0.2, 0) is 11.3 Å². The fourth-order valence-electron chi connectivity index (χ4n) is 1.66. The summed E-state index contributed by atoms with van der Waals surface area (Å²) in [7, 11) is 0. The number of nitrogens with zero attached hydrogens (tertiary/aromatic N) is 1. The Kier molecular flexibility index (Phi) is 5.92. The third-order valence-electron chi connectivity index (χ3n) is 2.72. The Labute approximate surface area is 112 Å². The average Bonchev–Trinajstić information content (AvgIpc) is 2.85. The number of nitrogens with one attached hydrogen (secondary N) is 1. The molecule has 0 radical (unpaired) electrons. The summed E-state index contributed by atoms with van der Waals surface area (Å²) in [4.78, 5) is 24.0. The second-order valence-electron chi connectivity index (χ2n) is 4.48. The van der Waals surface area contributed by atoms with Gasteiger partial charge in [-0.1, -0.05) is 6.92 Å². The number of carboxylic acids is 1. The largest absolute Gasteiger partial charge is 0.481 e. The first-order valence-electron chi connectivity index (χ1n) is 6.29. The van der Waals surface area contributed by atoms with Gasteiger partial charge in [-0.05, 0) is 25.0 Å². The second-order valence-corrected chi connectivity index (χ2v) is 4.48. The van der Waals surface area contributed by atoms with Gasteiger partial charge >= 0.3 is 12.0 Å². The summed E-state index contributed by atoms with van der Waals surface area (Å²) in [5.74, 6) is -0.232. The number of hydrogen-bond donors (Lipinski definition) is 2. The van der Waals surface area contributed by atoms with Crippen molar-refractivity contribution >= 4 is 12.0 Å². The van der Waals surface area contributed by atoms with Crippen molar-refractivity contribution in [2.24, 2.45) is 5.92 Å². The van der Waals surface area contributed by atoms with E-state index in [4.69, 9.17) is 9.52 Å². The normalized spacial score (nSPS) is 11.9. The van der Waals surface area contributed by atoms with Crippen molar-refractivity contribution in [1.29, 1.82) is 0 Å². The smallest absolute Gasteiger partial charge is 0.317 e. The van der Waals surface area contributed by atoms with Crippen LogP contribution in [0, 0.1) is 5.92 Å². The summed E-state index contributed by atoms with van der Waals surface area (Å²) in [5.41, 5.74) is 0. The van der Waals surface area contributed by atoms with Crippen molar-refractivity contribution in [3.63, 3.8) is 0 Å². The van der Waals surface area contributed by atoms with Crippen molar-refractivity contribution in [3.8, 4) is 0 Å². The van der Waals surface area contributed by atoms with E-state index >= 15 is 0 Å². The van der Waals surface area contributed by atoms with E-state index in [0.717, 1.165) is 5.76 Å². The third-order valence-corrected chi connectivity index (χ3v) is 2.72. The van der Waals surface area contributed by atoms with Gasteiger partial charge < -0.3 is 19.7 Å². The first kappa shape index (κ1) is 15.1. The fraction of sp³-hybridized carbons (Fsp3) is 0.538. The molecule has 0 bridgehead atoms. The molecule has 106 valence electrons. The minimum atomic E-state index is -0.857. The van der Waals surface area contributed by atoms with E-state index in [9.17, 15) is 9.59 Å². The van der Waals surface area contributed by atoms with Crippen molar-refractivity contribution in [3.05, 3.63) is 24.2 Å². The minimum absolute atomic E-state index is 0.0462. The molecular formula is C13H20N2O4. The van der Waals surface area contributed by atoms with E-state index in [0.29, 0.717) is 19.6 Å². The van der Waals surface area contributed by atoms with Gasteiger partial charge in [0.05, 0.1) is 12.8 Å². The quantitative estimate of drug-likeness (QED) is 0.791. The minimum Gasteiger partial charge on any atom is -0.481 e. The average molecular weight is 268 g/mol. The van der Waals surface area contributed by atoms with Crippen molar-refractivity contribution < 1.29 is 19.1 Å². The number of aliphatic carboxylic acids is 1. The Morgan fingerprint density at radius 3 is 2.79 bits per heavy atom. The maximum atomic E-state index is 11.9. The lowest BCUT2D eigenvalue weighted by molar-refractivity contribution is -0.137. The lowest BCUT2D eigenvalue weighted by atomic mass is 10.1. The van der Waals surface area contributed by atoms with Crippen LogP contribution in [0.25, 0.3) is 0 Å². The summed E-state index contributed by atoms with van der Waals surface area (Å²) in [6, 6.07) is 3.37. The predicted octanol–water partition coefficient (Wildman–Crippen LogP) is 1.92. The highest BCUT2D eigenvalue weighted by atomic mass is 16.4. The van der Waals surface area contributed by atoms with Crippen LogP contribution in [0.4, 0.5) is 4.79 Å². The number of hydrogen-bond acceptors (Lipinski definition) is 3. The van der Waals surface area contributed by atoms with Crippen molar-refractivity contribution in [2.75, 3.05) is 13.1 Å². The van der Waals surface area contributed by atoms with Gasteiger partial charge in [-0.3, -0.25) is 4.79 Å². The summed E-state index contributed by atoms with van der Waals surface area (Å²) in [6.07, 6.45) is 1.61. The molecule has 0 aliphatic rings. The molecule has 0 spiro atoms. The fourth-order valence-corrected chi connectivity index (χ4v) is 1.66. The number of carbonyl (C=O) groups excluding carboxylic acids is 1. The molecule has 0 saturated carbocycles. The Bertz CT molecular complexity index is 403. The molecule has 19 heavy (non-hydrogen) atoms. The molecule has 0 aliphatic heterocycles. The van der Waals surface area contributed by atoms with Crippen LogP contribution in [0.5, 0.6) is 0 Å². The Balaban J connectivity index is 2.39.